The Morgan fingerprint density at radius 1 is 1.14 bits per heavy atom. The van der Waals surface area contributed by atoms with E-state index in [-0.39, 0.29) is 24.2 Å². The van der Waals surface area contributed by atoms with E-state index in [4.69, 9.17) is 0 Å². The van der Waals surface area contributed by atoms with Crippen LogP contribution in [-0.4, -0.2) is 33.1 Å². The van der Waals surface area contributed by atoms with Crippen LogP contribution in [0.3, 0.4) is 0 Å². The minimum absolute atomic E-state index is 0.133. The number of nitrogens with zero attached hydrogens (tertiary/aromatic N) is 1. The van der Waals surface area contributed by atoms with Crippen LogP contribution in [0, 0.1) is 5.41 Å². The van der Waals surface area contributed by atoms with Gasteiger partial charge in [-0.1, -0.05) is 32.1 Å². The third-order valence-corrected chi connectivity index (χ3v) is 6.52. The summed E-state index contributed by atoms with van der Waals surface area (Å²) in [5.41, 5.74) is 0.908. The SMILES string of the molecule is O=C(NCC1(C(=O)O)CCCCC1)c1ccc2c(c1)[nH]c(=O)n2C1CCCC1. The highest BCUT2D eigenvalue weighted by Crippen LogP contribution is 2.36. The van der Waals surface area contributed by atoms with E-state index in [1.54, 1.807) is 12.1 Å². The summed E-state index contributed by atoms with van der Waals surface area (Å²) in [5, 5.41) is 12.5. The first-order valence-corrected chi connectivity index (χ1v) is 10.3. The Morgan fingerprint density at radius 2 is 1.86 bits per heavy atom. The van der Waals surface area contributed by atoms with Gasteiger partial charge in [0.15, 0.2) is 0 Å². The number of benzene rings is 1. The molecule has 7 nitrogen and oxygen atoms in total. The van der Waals surface area contributed by atoms with Gasteiger partial charge in [-0.25, -0.2) is 4.79 Å². The Kier molecular flexibility index (Phi) is 5.00. The number of carbonyl (C=O) groups excluding carboxylic acids is 1. The molecule has 2 aliphatic carbocycles. The highest BCUT2D eigenvalue weighted by molar-refractivity contribution is 5.97. The molecule has 0 spiro atoms. The lowest BCUT2D eigenvalue weighted by Gasteiger charge is -2.33. The summed E-state index contributed by atoms with van der Waals surface area (Å²) in [7, 11) is 0. The quantitative estimate of drug-likeness (QED) is 0.735. The minimum Gasteiger partial charge on any atom is -0.481 e. The van der Waals surface area contributed by atoms with Gasteiger partial charge in [0.05, 0.1) is 16.4 Å². The van der Waals surface area contributed by atoms with Crippen molar-refractivity contribution in [3.63, 3.8) is 0 Å². The third-order valence-electron chi connectivity index (χ3n) is 6.52. The lowest BCUT2D eigenvalue weighted by Crippen LogP contribution is -2.44. The maximum Gasteiger partial charge on any atom is 0.326 e. The molecule has 0 radical (unpaired) electrons. The van der Waals surface area contributed by atoms with Crippen molar-refractivity contribution in [3.05, 3.63) is 34.2 Å². The van der Waals surface area contributed by atoms with Gasteiger partial charge in [-0.3, -0.25) is 14.2 Å². The monoisotopic (exact) mass is 385 g/mol. The van der Waals surface area contributed by atoms with Crippen molar-refractivity contribution in [3.8, 4) is 0 Å². The van der Waals surface area contributed by atoms with Crippen LogP contribution < -0.4 is 11.0 Å². The average Bonchev–Trinajstić information content (AvgIpc) is 3.32. The molecule has 0 atom stereocenters. The highest BCUT2D eigenvalue weighted by atomic mass is 16.4. The predicted molar refractivity (Wildman–Crippen MR) is 106 cm³/mol. The van der Waals surface area contributed by atoms with Gasteiger partial charge >= 0.3 is 11.7 Å². The van der Waals surface area contributed by atoms with Crippen molar-refractivity contribution in [1.82, 2.24) is 14.9 Å². The van der Waals surface area contributed by atoms with E-state index >= 15 is 0 Å². The van der Waals surface area contributed by atoms with E-state index in [0.717, 1.165) is 50.5 Å². The standard InChI is InChI=1S/C21H27N3O4/c25-18(22-13-21(19(26)27)10-4-1-5-11-21)14-8-9-17-16(12-14)23-20(28)24(17)15-6-2-3-7-15/h8-9,12,15H,1-7,10-11,13H2,(H,22,25)(H,23,28)(H,26,27). The van der Waals surface area contributed by atoms with Crippen LogP contribution in [-0.2, 0) is 4.79 Å². The minimum atomic E-state index is -0.863. The number of carbonyl (C=O) groups is 2. The molecule has 1 aromatic carbocycles. The fourth-order valence-corrected chi connectivity index (χ4v) is 4.84. The zero-order valence-electron chi connectivity index (χ0n) is 16.0. The van der Waals surface area contributed by atoms with Crippen LogP contribution in [0.4, 0.5) is 0 Å². The van der Waals surface area contributed by atoms with Crippen LogP contribution in [0.5, 0.6) is 0 Å². The van der Waals surface area contributed by atoms with Crippen molar-refractivity contribution in [1.29, 1.82) is 0 Å². The molecule has 0 aliphatic heterocycles. The van der Waals surface area contributed by atoms with Gasteiger partial charge in [-0.05, 0) is 43.9 Å². The molecule has 1 amide bonds. The molecular weight excluding hydrogens is 358 g/mol. The second-order valence-corrected chi connectivity index (χ2v) is 8.30. The molecule has 2 aliphatic rings. The van der Waals surface area contributed by atoms with Gasteiger partial charge in [0.1, 0.15) is 0 Å². The molecule has 1 aromatic heterocycles. The van der Waals surface area contributed by atoms with Gasteiger partial charge in [0.2, 0.25) is 0 Å². The van der Waals surface area contributed by atoms with Crippen molar-refractivity contribution in [2.75, 3.05) is 6.54 Å². The molecule has 2 aromatic rings. The van der Waals surface area contributed by atoms with Gasteiger partial charge in [0.25, 0.3) is 5.91 Å². The first-order chi connectivity index (χ1) is 13.5. The summed E-state index contributed by atoms with van der Waals surface area (Å²) >= 11 is 0. The Hall–Kier alpha value is -2.57. The summed E-state index contributed by atoms with van der Waals surface area (Å²) in [4.78, 5) is 39.7. The van der Waals surface area contributed by atoms with E-state index in [9.17, 15) is 19.5 Å². The van der Waals surface area contributed by atoms with Gasteiger partial charge in [0, 0.05) is 18.2 Å². The summed E-state index contributed by atoms with van der Waals surface area (Å²) < 4.78 is 1.81. The number of carboxylic acid groups (broad SMARTS) is 1. The number of carboxylic acids is 1. The molecule has 1 heterocycles. The molecule has 0 saturated heterocycles. The number of H-pyrrole nitrogens is 1. The number of rotatable bonds is 5. The number of aromatic amines is 1. The van der Waals surface area contributed by atoms with Gasteiger partial charge < -0.3 is 15.4 Å². The number of nitrogens with one attached hydrogen (secondary N) is 2. The molecule has 150 valence electrons. The van der Waals surface area contributed by atoms with Crippen LogP contribution >= 0.6 is 0 Å². The number of amides is 1. The van der Waals surface area contributed by atoms with E-state index in [2.05, 4.69) is 10.3 Å². The summed E-state index contributed by atoms with van der Waals surface area (Å²) in [6.45, 7) is 0.138. The fraction of sp³-hybridized carbons (Fsp3) is 0.571. The third kappa shape index (κ3) is 3.34. The number of imidazole rings is 1. The predicted octanol–water partition coefficient (Wildman–Crippen LogP) is 3.21. The molecule has 4 rings (SSSR count). The molecule has 3 N–H and O–H groups in total. The molecule has 7 heteroatoms. The second kappa shape index (κ2) is 7.45. The lowest BCUT2D eigenvalue weighted by molar-refractivity contribution is -0.150. The summed E-state index contributed by atoms with van der Waals surface area (Å²) in [6, 6.07) is 5.44. The fourth-order valence-electron chi connectivity index (χ4n) is 4.84. The van der Waals surface area contributed by atoms with Crippen LogP contribution in [0.25, 0.3) is 11.0 Å². The first-order valence-electron chi connectivity index (χ1n) is 10.3. The Labute approximate surface area is 163 Å². The molecule has 28 heavy (non-hydrogen) atoms. The maximum atomic E-state index is 12.6. The topological polar surface area (TPSA) is 104 Å². The second-order valence-electron chi connectivity index (χ2n) is 8.30. The Morgan fingerprint density at radius 3 is 2.54 bits per heavy atom. The number of hydrogen-bond acceptors (Lipinski definition) is 3. The summed E-state index contributed by atoms with van der Waals surface area (Å²) in [6.07, 6.45) is 8.28. The van der Waals surface area contributed by atoms with Crippen molar-refractivity contribution in [2.24, 2.45) is 5.41 Å². The average molecular weight is 385 g/mol. The van der Waals surface area contributed by atoms with E-state index in [1.807, 2.05) is 10.6 Å². The Bertz CT molecular complexity index is 946. The molecular formula is C21H27N3O4. The largest absolute Gasteiger partial charge is 0.481 e. The Balaban J connectivity index is 1.53. The molecule has 2 fully saturated rings. The molecule has 2 saturated carbocycles. The number of aromatic nitrogens is 2. The highest BCUT2D eigenvalue weighted by Gasteiger charge is 2.39. The zero-order chi connectivity index (χ0) is 19.7. The normalized spacial score (nSPS) is 19.7. The summed E-state index contributed by atoms with van der Waals surface area (Å²) in [5.74, 6) is -1.14. The van der Waals surface area contributed by atoms with E-state index in [1.165, 1.54) is 0 Å². The molecule has 0 unspecified atom stereocenters. The number of hydrogen-bond donors (Lipinski definition) is 3. The van der Waals surface area contributed by atoms with Gasteiger partial charge in [-0.15, -0.1) is 0 Å². The molecule has 0 bridgehead atoms. The van der Waals surface area contributed by atoms with Gasteiger partial charge in [-0.2, -0.15) is 0 Å². The van der Waals surface area contributed by atoms with E-state index in [0.29, 0.717) is 23.9 Å². The van der Waals surface area contributed by atoms with Crippen molar-refractivity contribution in [2.45, 2.75) is 63.8 Å². The van der Waals surface area contributed by atoms with E-state index < -0.39 is 11.4 Å². The van der Waals surface area contributed by atoms with Crippen LogP contribution in [0.2, 0.25) is 0 Å². The number of fused-ring (bicyclic) bond motifs is 1. The van der Waals surface area contributed by atoms with Crippen LogP contribution in [0.1, 0.15) is 74.2 Å². The zero-order valence-corrected chi connectivity index (χ0v) is 16.0. The number of aliphatic carboxylic acids is 1. The van der Waals surface area contributed by atoms with Crippen LogP contribution in [0.15, 0.2) is 23.0 Å². The maximum absolute atomic E-state index is 12.6. The smallest absolute Gasteiger partial charge is 0.326 e. The lowest BCUT2D eigenvalue weighted by atomic mass is 9.74. The van der Waals surface area contributed by atoms with Crippen molar-refractivity contribution < 1.29 is 14.7 Å². The first kappa shape index (κ1) is 18.8. The van der Waals surface area contributed by atoms with Crippen molar-refractivity contribution >= 4 is 22.9 Å².